The molecule has 344 valence electrons. The first kappa shape index (κ1) is 56.6. The Kier molecular flexibility index (Phi) is 46.4. The molecule has 0 aliphatic rings. The van der Waals surface area contributed by atoms with E-state index in [0.29, 0.717) is 19.3 Å². The molecule has 59 heavy (non-hydrogen) atoms. The Morgan fingerprint density at radius 1 is 0.339 bits per heavy atom. The normalized spacial score (nSPS) is 12.3. The number of hydrogen-bond acceptors (Lipinski definition) is 6. The van der Waals surface area contributed by atoms with Gasteiger partial charge < -0.3 is 14.2 Å². The molecule has 0 aliphatic heterocycles. The van der Waals surface area contributed by atoms with Gasteiger partial charge in [0.1, 0.15) is 13.2 Å². The van der Waals surface area contributed by atoms with E-state index in [1.54, 1.807) is 0 Å². The summed E-state index contributed by atoms with van der Waals surface area (Å²) in [5.41, 5.74) is 0. The Morgan fingerprint density at radius 3 is 1.00 bits per heavy atom. The van der Waals surface area contributed by atoms with Crippen molar-refractivity contribution < 1.29 is 28.6 Å². The molecule has 0 rings (SSSR count). The lowest BCUT2D eigenvalue weighted by molar-refractivity contribution is -0.167. The van der Waals surface area contributed by atoms with Gasteiger partial charge in [-0.05, 0) is 64.2 Å². The van der Waals surface area contributed by atoms with Crippen LogP contribution in [0, 0.1) is 0 Å². The van der Waals surface area contributed by atoms with Crippen LogP contribution in [0.3, 0.4) is 0 Å². The topological polar surface area (TPSA) is 78.9 Å². The van der Waals surface area contributed by atoms with Gasteiger partial charge >= 0.3 is 17.9 Å². The van der Waals surface area contributed by atoms with Gasteiger partial charge in [0.05, 0.1) is 0 Å². The van der Waals surface area contributed by atoms with Crippen LogP contribution in [0.2, 0.25) is 0 Å². The fourth-order valence-corrected chi connectivity index (χ4v) is 7.20. The summed E-state index contributed by atoms with van der Waals surface area (Å²) in [5, 5.41) is 0. The first-order valence-corrected chi connectivity index (χ1v) is 25.5. The molecule has 0 saturated heterocycles. The summed E-state index contributed by atoms with van der Waals surface area (Å²) in [6.07, 6.45) is 55.5. The van der Waals surface area contributed by atoms with Crippen LogP contribution in [-0.4, -0.2) is 37.2 Å². The zero-order chi connectivity index (χ0) is 43.0. The summed E-state index contributed by atoms with van der Waals surface area (Å²) in [6.45, 7) is 6.56. The predicted octanol–water partition coefficient (Wildman–Crippen LogP) is 16.5. The largest absolute Gasteiger partial charge is 0.462 e. The van der Waals surface area contributed by atoms with Gasteiger partial charge in [-0.1, -0.05) is 218 Å². The Bertz CT molecular complexity index is 1000. The molecule has 0 radical (unpaired) electrons. The molecular weight excluding hydrogens is 733 g/mol. The van der Waals surface area contributed by atoms with Gasteiger partial charge in [0.2, 0.25) is 0 Å². The third-order valence-electron chi connectivity index (χ3n) is 11.1. The number of esters is 3. The third-order valence-corrected chi connectivity index (χ3v) is 11.1. The van der Waals surface area contributed by atoms with E-state index in [1.165, 1.54) is 135 Å². The number of rotatable bonds is 46. The fourth-order valence-electron chi connectivity index (χ4n) is 7.20. The molecule has 6 heteroatoms. The molecule has 6 nitrogen and oxygen atoms in total. The van der Waals surface area contributed by atoms with Crippen molar-refractivity contribution in [1.29, 1.82) is 0 Å². The maximum atomic E-state index is 12.8. The van der Waals surface area contributed by atoms with Crippen LogP contribution in [-0.2, 0) is 28.6 Å². The maximum Gasteiger partial charge on any atom is 0.306 e. The van der Waals surface area contributed by atoms with E-state index >= 15 is 0 Å². The van der Waals surface area contributed by atoms with E-state index in [2.05, 4.69) is 57.2 Å². The number of hydrogen-bond donors (Lipinski definition) is 0. The van der Waals surface area contributed by atoms with Crippen LogP contribution in [0.4, 0.5) is 0 Å². The summed E-state index contributed by atoms with van der Waals surface area (Å²) in [4.78, 5) is 37.9. The van der Waals surface area contributed by atoms with Crippen molar-refractivity contribution in [3.63, 3.8) is 0 Å². The Hall–Kier alpha value is -2.37. The van der Waals surface area contributed by atoms with Crippen LogP contribution >= 0.6 is 0 Å². The van der Waals surface area contributed by atoms with E-state index in [9.17, 15) is 14.4 Å². The highest BCUT2D eigenvalue weighted by molar-refractivity contribution is 5.71. The fraction of sp³-hybridized carbons (Fsp3) is 0.830. The second kappa shape index (κ2) is 48.3. The van der Waals surface area contributed by atoms with Crippen molar-refractivity contribution in [3.8, 4) is 0 Å². The molecule has 0 N–H and O–H groups in total. The highest BCUT2D eigenvalue weighted by Crippen LogP contribution is 2.15. The molecule has 0 amide bonds. The summed E-state index contributed by atoms with van der Waals surface area (Å²) in [5.74, 6) is -0.893. The van der Waals surface area contributed by atoms with E-state index < -0.39 is 6.10 Å². The van der Waals surface area contributed by atoms with Crippen LogP contribution < -0.4 is 0 Å². The lowest BCUT2D eigenvalue weighted by Crippen LogP contribution is -2.30. The molecule has 1 atom stereocenters. The molecule has 0 aromatic rings. The van der Waals surface area contributed by atoms with Crippen molar-refractivity contribution in [3.05, 3.63) is 36.5 Å². The second-order valence-electron chi connectivity index (χ2n) is 17.1. The molecule has 0 fully saturated rings. The summed E-state index contributed by atoms with van der Waals surface area (Å²) in [7, 11) is 0. The van der Waals surface area contributed by atoms with Gasteiger partial charge in [0.15, 0.2) is 6.10 Å². The number of carbonyl (C=O) groups is 3. The molecule has 0 aliphatic carbocycles. The maximum absolute atomic E-state index is 12.8. The summed E-state index contributed by atoms with van der Waals surface area (Å²) in [6, 6.07) is 0. The van der Waals surface area contributed by atoms with E-state index in [1.807, 2.05) is 0 Å². The SMILES string of the molecule is CCCC/C=C\C/C=C\CCCCCCCC(=O)OC(COC(=O)CCCCCCC/C=C\CCCC)COC(=O)CCCCCCCCCCCCCCCCCC. The second-order valence-corrected chi connectivity index (χ2v) is 17.1. The molecule has 0 aromatic carbocycles. The van der Waals surface area contributed by atoms with Crippen molar-refractivity contribution >= 4 is 17.9 Å². The first-order valence-electron chi connectivity index (χ1n) is 25.5. The minimum absolute atomic E-state index is 0.0777. The Labute approximate surface area is 365 Å². The molecule has 0 bridgehead atoms. The minimum Gasteiger partial charge on any atom is -0.462 e. The number of unbranched alkanes of at least 4 members (excludes halogenated alkanes) is 29. The predicted molar refractivity (Wildman–Crippen MR) is 252 cm³/mol. The summed E-state index contributed by atoms with van der Waals surface area (Å²) >= 11 is 0. The highest BCUT2D eigenvalue weighted by Gasteiger charge is 2.19. The lowest BCUT2D eigenvalue weighted by Gasteiger charge is -2.18. The zero-order valence-electron chi connectivity index (χ0n) is 39.3. The average Bonchev–Trinajstić information content (AvgIpc) is 3.23. The Balaban J connectivity index is 4.35. The third kappa shape index (κ3) is 46.5. The van der Waals surface area contributed by atoms with Crippen molar-refractivity contribution in [2.75, 3.05) is 13.2 Å². The van der Waals surface area contributed by atoms with E-state index in [-0.39, 0.29) is 31.1 Å². The van der Waals surface area contributed by atoms with Gasteiger partial charge in [0, 0.05) is 19.3 Å². The van der Waals surface area contributed by atoms with Gasteiger partial charge in [-0.2, -0.15) is 0 Å². The molecular formula is C53H96O6. The summed E-state index contributed by atoms with van der Waals surface area (Å²) < 4.78 is 16.8. The smallest absolute Gasteiger partial charge is 0.306 e. The van der Waals surface area contributed by atoms with Gasteiger partial charge in [0.25, 0.3) is 0 Å². The standard InChI is InChI=1S/C53H96O6/c1-4-7-10-13-16-19-22-24-26-27-29-31-34-37-40-43-46-52(55)58-49-50(48-57-51(54)45-42-39-36-33-30-21-18-15-12-9-6-3)59-53(56)47-44-41-38-35-32-28-25-23-20-17-14-11-8-5-2/h14-15,17-18,23,25,50H,4-13,16,19-22,24,26-49H2,1-3H3/b17-14-,18-15-,25-23-. The number of allylic oxidation sites excluding steroid dienone is 6. The number of carbonyl (C=O) groups excluding carboxylic acids is 3. The molecule has 0 heterocycles. The van der Waals surface area contributed by atoms with Gasteiger partial charge in [-0.25, -0.2) is 0 Å². The van der Waals surface area contributed by atoms with E-state index in [4.69, 9.17) is 14.2 Å². The van der Waals surface area contributed by atoms with Crippen LogP contribution in [0.1, 0.15) is 265 Å². The van der Waals surface area contributed by atoms with Gasteiger partial charge in [-0.15, -0.1) is 0 Å². The zero-order valence-corrected chi connectivity index (χ0v) is 39.3. The minimum atomic E-state index is -0.778. The molecule has 0 spiro atoms. The Morgan fingerprint density at radius 2 is 0.627 bits per heavy atom. The molecule has 1 unspecified atom stereocenters. The van der Waals surface area contributed by atoms with Crippen molar-refractivity contribution in [1.82, 2.24) is 0 Å². The lowest BCUT2D eigenvalue weighted by atomic mass is 10.0. The molecule has 0 saturated carbocycles. The first-order chi connectivity index (χ1) is 29.0. The van der Waals surface area contributed by atoms with Crippen molar-refractivity contribution in [2.24, 2.45) is 0 Å². The molecule has 0 aromatic heterocycles. The van der Waals surface area contributed by atoms with Gasteiger partial charge in [-0.3, -0.25) is 14.4 Å². The van der Waals surface area contributed by atoms with Crippen LogP contribution in [0.5, 0.6) is 0 Å². The van der Waals surface area contributed by atoms with Crippen LogP contribution in [0.15, 0.2) is 36.5 Å². The van der Waals surface area contributed by atoms with E-state index in [0.717, 1.165) is 89.9 Å². The monoisotopic (exact) mass is 829 g/mol. The quantitative estimate of drug-likeness (QED) is 0.0263. The average molecular weight is 829 g/mol. The van der Waals surface area contributed by atoms with Crippen molar-refractivity contribution in [2.45, 2.75) is 271 Å². The highest BCUT2D eigenvalue weighted by atomic mass is 16.6. The number of ether oxygens (including phenoxy) is 3. The van der Waals surface area contributed by atoms with Crippen LogP contribution in [0.25, 0.3) is 0 Å².